The maximum Gasteiger partial charge on any atom is 0.374 e. The zero-order valence-electron chi connectivity index (χ0n) is 10.2. The van der Waals surface area contributed by atoms with E-state index < -0.39 is 5.97 Å². The van der Waals surface area contributed by atoms with Gasteiger partial charge in [0, 0.05) is 11.8 Å². The molecule has 0 unspecified atom stereocenters. The van der Waals surface area contributed by atoms with E-state index in [0.717, 1.165) is 0 Å². The van der Waals surface area contributed by atoms with Gasteiger partial charge in [-0.2, -0.15) is 5.26 Å². The highest BCUT2D eigenvalue weighted by molar-refractivity contribution is 5.95. The number of hydrogen-bond acceptors (Lipinski definition) is 5. The largest absolute Gasteiger partial charge is 0.463 e. The average molecular weight is 254 g/mol. The lowest BCUT2D eigenvalue weighted by Crippen LogP contribution is -2.01. The first-order valence-electron chi connectivity index (χ1n) is 5.45. The minimum absolute atomic E-state index is 0.0613. The fraction of sp³-hybridized carbons (Fsp3) is 0.0714. The fourth-order valence-corrected chi connectivity index (χ4v) is 1.53. The number of esters is 1. The minimum atomic E-state index is -0.588. The van der Waals surface area contributed by atoms with E-state index in [1.807, 2.05) is 6.07 Å². The highest BCUT2D eigenvalue weighted by atomic mass is 16.5. The van der Waals surface area contributed by atoms with Gasteiger partial charge in [0.2, 0.25) is 5.76 Å². The number of furan rings is 1. The number of aromatic nitrogens is 1. The van der Waals surface area contributed by atoms with Crippen LogP contribution in [0.5, 0.6) is 0 Å². The van der Waals surface area contributed by atoms with Crippen molar-refractivity contribution in [1.29, 1.82) is 5.26 Å². The number of carbonyl (C=O) groups excluding carboxylic acids is 1. The summed E-state index contributed by atoms with van der Waals surface area (Å²) in [5.41, 5.74) is 1.35. The molecule has 5 nitrogen and oxygen atoms in total. The first kappa shape index (κ1) is 12.6. The van der Waals surface area contributed by atoms with Gasteiger partial charge in [0.1, 0.15) is 6.07 Å². The van der Waals surface area contributed by atoms with Gasteiger partial charge in [0.25, 0.3) is 0 Å². The van der Waals surface area contributed by atoms with Crippen LogP contribution in [0.3, 0.4) is 0 Å². The second kappa shape index (κ2) is 5.65. The zero-order chi connectivity index (χ0) is 13.7. The average Bonchev–Trinajstić information content (AvgIpc) is 2.93. The maximum atomic E-state index is 11.5. The van der Waals surface area contributed by atoms with Crippen LogP contribution in [0.15, 0.2) is 41.1 Å². The minimum Gasteiger partial charge on any atom is -0.463 e. The van der Waals surface area contributed by atoms with Gasteiger partial charge >= 0.3 is 5.97 Å². The normalized spacial score (nSPS) is 10.8. The van der Waals surface area contributed by atoms with Crippen LogP contribution in [0.4, 0.5) is 0 Å². The van der Waals surface area contributed by atoms with Gasteiger partial charge in [-0.05, 0) is 24.3 Å². The van der Waals surface area contributed by atoms with Crippen LogP contribution in [0, 0.1) is 11.3 Å². The molecule has 0 amide bonds. The van der Waals surface area contributed by atoms with E-state index in [1.165, 1.54) is 19.4 Å². The lowest BCUT2D eigenvalue weighted by Gasteiger charge is -1.98. The van der Waals surface area contributed by atoms with Crippen LogP contribution in [0.2, 0.25) is 0 Å². The van der Waals surface area contributed by atoms with Crippen molar-refractivity contribution in [2.45, 2.75) is 0 Å². The lowest BCUT2D eigenvalue weighted by molar-refractivity contribution is 0.0565. The third-order valence-electron chi connectivity index (χ3n) is 2.43. The van der Waals surface area contributed by atoms with Gasteiger partial charge < -0.3 is 9.15 Å². The Balaban J connectivity index is 2.43. The predicted molar refractivity (Wildman–Crippen MR) is 67.8 cm³/mol. The second-order valence-electron chi connectivity index (χ2n) is 3.58. The molecule has 0 aromatic carbocycles. The molecular weight excluding hydrogens is 244 g/mol. The Hall–Kier alpha value is -2.87. The van der Waals surface area contributed by atoms with E-state index in [4.69, 9.17) is 9.68 Å². The van der Waals surface area contributed by atoms with Gasteiger partial charge in [0.05, 0.1) is 24.6 Å². The summed E-state index contributed by atoms with van der Waals surface area (Å²) in [6.07, 6.45) is 4.50. The molecule has 2 aromatic heterocycles. The number of ether oxygens (including phenoxy) is 1. The molecule has 19 heavy (non-hydrogen) atoms. The SMILES string of the molecule is COC(=O)c1occc1C=C(C#N)c1ccccn1. The molecule has 0 aliphatic rings. The van der Waals surface area contributed by atoms with Crippen molar-refractivity contribution in [2.24, 2.45) is 0 Å². The summed E-state index contributed by atoms with van der Waals surface area (Å²) in [6, 6.07) is 8.89. The number of hydrogen-bond donors (Lipinski definition) is 0. The molecule has 0 aliphatic heterocycles. The number of pyridine rings is 1. The summed E-state index contributed by atoms with van der Waals surface area (Å²) in [7, 11) is 1.27. The second-order valence-corrected chi connectivity index (χ2v) is 3.58. The first-order chi connectivity index (χ1) is 9.26. The van der Waals surface area contributed by atoms with Crippen molar-refractivity contribution >= 4 is 17.6 Å². The molecule has 0 N–H and O–H groups in total. The molecule has 2 aromatic rings. The molecular formula is C14H10N2O3. The van der Waals surface area contributed by atoms with E-state index in [-0.39, 0.29) is 5.76 Å². The monoisotopic (exact) mass is 254 g/mol. The Labute approximate surface area is 109 Å². The van der Waals surface area contributed by atoms with Gasteiger partial charge in [-0.1, -0.05) is 6.07 Å². The van der Waals surface area contributed by atoms with E-state index in [2.05, 4.69) is 9.72 Å². The number of allylic oxidation sites excluding steroid dienone is 1. The van der Waals surface area contributed by atoms with Crippen LogP contribution in [0.1, 0.15) is 21.8 Å². The smallest absolute Gasteiger partial charge is 0.374 e. The van der Waals surface area contributed by atoms with E-state index in [1.54, 1.807) is 30.5 Å². The van der Waals surface area contributed by atoms with Crippen molar-refractivity contribution in [3.63, 3.8) is 0 Å². The Morgan fingerprint density at radius 1 is 1.47 bits per heavy atom. The van der Waals surface area contributed by atoms with E-state index in [0.29, 0.717) is 16.8 Å². The van der Waals surface area contributed by atoms with Gasteiger partial charge in [-0.3, -0.25) is 4.98 Å². The highest BCUT2D eigenvalue weighted by Gasteiger charge is 2.15. The van der Waals surface area contributed by atoms with Crippen molar-refractivity contribution < 1.29 is 13.9 Å². The molecule has 0 saturated heterocycles. The van der Waals surface area contributed by atoms with Crippen LogP contribution >= 0.6 is 0 Å². The Bertz CT molecular complexity index is 651. The Morgan fingerprint density at radius 2 is 2.32 bits per heavy atom. The molecule has 2 heterocycles. The summed E-state index contributed by atoms with van der Waals surface area (Å²) in [6.45, 7) is 0. The quantitative estimate of drug-likeness (QED) is 0.621. The van der Waals surface area contributed by atoms with Crippen LogP contribution in [-0.4, -0.2) is 18.1 Å². The Morgan fingerprint density at radius 3 is 2.95 bits per heavy atom. The molecule has 0 bridgehead atoms. The van der Waals surface area contributed by atoms with E-state index in [9.17, 15) is 4.79 Å². The summed E-state index contributed by atoms with van der Waals surface area (Å²) in [5.74, 6) is -0.527. The summed E-state index contributed by atoms with van der Waals surface area (Å²) < 4.78 is 9.65. The number of methoxy groups -OCH3 is 1. The van der Waals surface area contributed by atoms with Crippen LogP contribution < -0.4 is 0 Å². The molecule has 5 heteroatoms. The number of nitrogens with zero attached hydrogens (tertiary/aromatic N) is 2. The third kappa shape index (κ3) is 2.69. The lowest BCUT2D eigenvalue weighted by atomic mass is 10.1. The molecule has 94 valence electrons. The van der Waals surface area contributed by atoms with Crippen LogP contribution in [0.25, 0.3) is 11.6 Å². The summed E-state index contributed by atoms with van der Waals surface area (Å²) in [4.78, 5) is 15.5. The standard InChI is InChI=1S/C14H10N2O3/c1-18-14(17)13-10(5-7-19-13)8-11(9-15)12-4-2-3-6-16-12/h2-8H,1H3. The van der Waals surface area contributed by atoms with Crippen molar-refractivity contribution in [3.8, 4) is 6.07 Å². The van der Waals surface area contributed by atoms with Gasteiger partial charge in [-0.25, -0.2) is 4.79 Å². The number of nitriles is 1. The molecule has 0 aliphatic carbocycles. The fourth-order valence-electron chi connectivity index (χ4n) is 1.53. The van der Waals surface area contributed by atoms with Crippen LogP contribution in [-0.2, 0) is 4.74 Å². The van der Waals surface area contributed by atoms with Gasteiger partial charge in [-0.15, -0.1) is 0 Å². The highest BCUT2D eigenvalue weighted by Crippen LogP contribution is 2.19. The molecule has 0 radical (unpaired) electrons. The number of rotatable bonds is 3. The number of carbonyl (C=O) groups is 1. The van der Waals surface area contributed by atoms with Gasteiger partial charge in [0.15, 0.2) is 0 Å². The molecule has 0 atom stereocenters. The third-order valence-corrected chi connectivity index (χ3v) is 2.43. The first-order valence-corrected chi connectivity index (χ1v) is 5.45. The Kier molecular flexibility index (Phi) is 3.74. The maximum absolute atomic E-state index is 11.5. The molecule has 2 rings (SSSR count). The summed E-state index contributed by atoms with van der Waals surface area (Å²) >= 11 is 0. The van der Waals surface area contributed by atoms with Crippen molar-refractivity contribution in [3.05, 3.63) is 53.7 Å². The van der Waals surface area contributed by atoms with Crippen molar-refractivity contribution in [2.75, 3.05) is 7.11 Å². The predicted octanol–water partition coefficient (Wildman–Crippen LogP) is 2.53. The van der Waals surface area contributed by atoms with Crippen molar-refractivity contribution in [1.82, 2.24) is 4.98 Å². The molecule has 0 saturated carbocycles. The zero-order valence-corrected chi connectivity index (χ0v) is 10.2. The summed E-state index contributed by atoms with van der Waals surface area (Å²) in [5, 5.41) is 9.16. The topological polar surface area (TPSA) is 76.1 Å². The van der Waals surface area contributed by atoms with E-state index >= 15 is 0 Å². The molecule has 0 fully saturated rings. The molecule has 0 spiro atoms.